The monoisotopic (exact) mass is 484 g/mol. The summed E-state index contributed by atoms with van der Waals surface area (Å²) >= 11 is 0. The third-order valence-corrected chi connectivity index (χ3v) is 8.04. The zero-order valence-electron chi connectivity index (χ0n) is 20.7. The van der Waals surface area contributed by atoms with E-state index in [1.165, 1.54) is 44.5 Å². The lowest BCUT2D eigenvalue weighted by atomic mass is 9.60. The molecule has 3 aromatic heterocycles. The van der Waals surface area contributed by atoms with Gasteiger partial charge in [-0.1, -0.05) is 12.1 Å². The number of hydrogen-bond donors (Lipinski definition) is 2. The molecule has 2 N–H and O–H groups in total. The van der Waals surface area contributed by atoms with E-state index in [2.05, 4.69) is 48.4 Å². The normalized spacial score (nSPS) is 19.4. The van der Waals surface area contributed by atoms with E-state index >= 15 is 0 Å². The van der Waals surface area contributed by atoms with Crippen molar-refractivity contribution in [1.29, 1.82) is 0 Å². The molecule has 4 heterocycles. The summed E-state index contributed by atoms with van der Waals surface area (Å²) in [7, 11) is 2.12. The molecule has 36 heavy (non-hydrogen) atoms. The van der Waals surface area contributed by atoms with Gasteiger partial charge in [-0.15, -0.1) is 0 Å². The molecule has 3 fully saturated rings. The van der Waals surface area contributed by atoms with Gasteiger partial charge in [0.05, 0.1) is 0 Å². The highest BCUT2D eigenvalue weighted by Gasteiger charge is 2.53. The van der Waals surface area contributed by atoms with Crippen molar-refractivity contribution in [3.8, 4) is 0 Å². The number of anilines is 3. The zero-order valence-corrected chi connectivity index (χ0v) is 20.7. The summed E-state index contributed by atoms with van der Waals surface area (Å²) in [6.07, 6.45) is 8.72. The van der Waals surface area contributed by atoms with Crippen molar-refractivity contribution < 1.29 is 4.42 Å². The molecule has 2 aliphatic carbocycles. The van der Waals surface area contributed by atoms with E-state index in [0.29, 0.717) is 17.4 Å². The van der Waals surface area contributed by atoms with E-state index in [4.69, 9.17) is 9.40 Å². The highest BCUT2D eigenvalue weighted by molar-refractivity contribution is 5.72. The summed E-state index contributed by atoms with van der Waals surface area (Å²) in [5.74, 6) is 3.87. The van der Waals surface area contributed by atoms with Crippen LogP contribution in [0.15, 0.2) is 47.0 Å². The number of likely N-dealkylation sites (tertiary alicyclic amines) is 1. The maximum absolute atomic E-state index is 5.86. The number of nitrogens with one attached hydrogen (secondary N) is 2. The highest BCUT2D eigenvalue weighted by atomic mass is 16.3. The predicted octanol–water partition coefficient (Wildman–Crippen LogP) is 4.50. The minimum Gasteiger partial charge on any atom is -0.441 e. The van der Waals surface area contributed by atoms with Gasteiger partial charge in [0.1, 0.15) is 11.3 Å². The minimum absolute atomic E-state index is 0.473. The fourth-order valence-electron chi connectivity index (χ4n) is 5.90. The quantitative estimate of drug-likeness (QED) is 0.358. The molecule has 1 spiro atoms. The molecule has 2 saturated carbocycles. The lowest BCUT2D eigenvalue weighted by Crippen LogP contribution is -2.66. The van der Waals surface area contributed by atoms with Crippen LogP contribution < -0.4 is 10.2 Å². The van der Waals surface area contributed by atoms with Crippen LogP contribution in [0, 0.1) is 5.41 Å². The Morgan fingerprint density at radius 3 is 2.83 bits per heavy atom. The number of fused-ring (bicyclic) bond motifs is 1. The lowest BCUT2D eigenvalue weighted by Gasteiger charge is -2.60. The number of aromatic amines is 1. The summed E-state index contributed by atoms with van der Waals surface area (Å²) < 4.78 is 5.86. The van der Waals surface area contributed by atoms with Gasteiger partial charge in [0.2, 0.25) is 5.95 Å². The van der Waals surface area contributed by atoms with Gasteiger partial charge in [-0.25, -0.2) is 9.97 Å². The fourth-order valence-corrected chi connectivity index (χ4v) is 5.90. The van der Waals surface area contributed by atoms with Crippen LogP contribution in [0.25, 0.3) is 11.1 Å². The van der Waals surface area contributed by atoms with Crippen molar-refractivity contribution in [3.05, 3.63) is 54.2 Å². The van der Waals surface area contributed by atoms with E-state index in [1.807, 2.05) is 36.5 Å². The number of aryl methyl sites for hydroxylation is 1. The first-order valence-corrected chi connectivity index (χ1v) is 13.1. The minimum atomic E-state index is 0.473. The van der Waals surface area contributed by atoms with Crippen LogP contribution in [0.1, 0.15) is 49.6 Å². The standard InChI is InChI=1S/C27H32N8O/c1-34(26-28-11-10-23(31-26)30-24-13-21(32-33-24)18-8-9-18)19-14-27(15-19)16-35(17-27)12-4-7-25-29-20-5-2-3-6-22(20)36-25/h2-3,5-6,10-11,13,18-19H,4,7-9,12,14-17H2,1H3,(H2,28,30,31,32,33). The van der Waals surface area contributed by atoms with Crippen LogP contribution in [0.4, 0.5) is 17.6 Å². The largest absolute Gasteiger partial charge is 0.441 e. The number of H-pyrrole nitrogens is 1. The summed E-state index contributed by atoms with van der Waals surface area (Å²) in [6, 6.07) is 12.5. The number of para-hydroxylation sites is 2. The average Bonchev–Trinajstić information content (AvgIpc) is 3.44. The van der Waals surface area contributed by atoms with Crippen LogP contribution >= 0.6 is 0 Å². The van der Waals surface area contributed by atoms with Crippen molar-refractivity contribution in [2.75, 3.05) is 36.9 Å². The van der Waals surface area contributed by atoms with Crippen molar-refractivity contribution in [2.24, 2.45) is 5.41 Å². The molecule has 0 radical (unpaired) electrons. The van der Waals surface area contributed by atoms with Crippen LogP contribution in [0.3, 0.4) is 0 Å². The van der Waals surface area contributed by atoms with Crippen LogP contribution in [-0.4, -0.2) is 62.8 Å². The van der Waals surface area contributed by atoms with Gasteiger partial charge in [-0.2, -0.15) is 10.1 Å². The topological polar surface area (TPSA) is 99.0 Å². The molecule has 4 aromatic rings. The Balaban J connectivity index is 0.875. The molecule has 0 unspecified atom stereocenters. The fraction of sp³-hybridized carbons (Fsp3) is 0.481. The molecule has 1 saturated heterocycles. The first kappa shape index (κ1) is 21.8. The lowest BCUT2D eigenvalue weighted by molar-refractivity contribution is -0.0718. The molecule has 1 aromatic carbocycles. The highest BCUT2D eigenvalue weighted by Crippen LogP contribution is 2.50. The predicted molar refractivity (Wildman–Crippen MR) is 139 cm³/mol. The van der Waals surface area contributed by atoms with Crippen LogP contribution in [0.5, 0.6) is 0 Å². The maximum Gasteiger partial charge on any atom is 0.227 e. The van der Waals surface area contributed by atoms with Crippen LogP contribution in [-0.2, 0) is 6.42 Å². The molecule has 0 bridgehead atoms. The Morgan fingerprint density at radius 1 is 1.14 bits per heavy atom. The van der Waals surface area contributed by atoms with E-state index < -0.39 is 0 Å². The number of hydrogen-bond acceptors (Lipinski definition) is 8. The van der Waals surface area contributed by atoms with Crippen molar-refractivity contribution in [3.63, 3.8) is 0 Å². The van der Waals surface area contributed by atoms with E-state index in [1.54, 1.807) is 0 Å². The second kappa shape index (κ2) is 8.58. The van der Waals surface area contributed by atoms with Gasteiger partial charge in [0, 0.05) is 56.5 Å². The van der Waals surface area contributed by atoms with Gasteiger partial charge >= 0.3 is 0 Å². The molecule has 9 nitrogen and oxygen atoms in total. The summed E-state index contributed by atoms with van der Waals surface area (Å²) in [5, 5.41) is 10.8. The van der Waals surface area contributed by atoms with Gasteiger partial charge in [-0.3, -0.25) is 5.10 Å². The number of rotatable bonds is 9. The van der Waals surface area contributed by atoms with Gasteiger partial charge in [-0.05, 0) is 62.3 Å². The van der Waals surface area contributed by atoms with Crippen molar-refractivity contribution in [2.45, 2.75) is 50.5 Å². The van der Waals surface area contributed by atoms with E-state index in [9.17, 15) is 0 Å². The summed E-state index contributed by atoms with van der Waals surface area (Å²) in [5.41, 5.74) is 3.52. The molecule has 186 valence electrons. The summed E-state index contributed by atoms with van der Waals surface area (Å²) in [4.78, 5) is 18.7. The zero-order chi connectivity index (χ0) is 24.1. The molecular formula is C27H32N8O. The maximum atomic E-state index is 5.86. The molecule has 9 heteroatoms. The number of oxazole rings is 1. The number of benzene rings is 1. The van der Waals surface area contributed by atoms with E-state index in [-0.39, 0.29) is 0 Å². The molecule has 0 amide bonds. The van der Waals surface area contributed by atoms with E-state index in [0.717, 1.165) is 54.0 Å². The molecule has 7 rings (SSSR count). The third-order valence-electron chi connectivity index (χ3n) is 8.04. The van der Waals surface area contributed by atoms with Crippen molar-refractivity contribution >= 4 is 28.7 Å². The van der Waals surface area contributed by atoms with Gasteiger partial charge < -0.3 is 19.5 Å². The Morgan fingerprint density at radius 2 is 2.00 bits per heavy atom. The molecule has 3 aliphatic rings. The second-order valence-electron chi connectivity index (χ2n) is 10.9. The number of aromatic nitrogens is 5. The summed E-state index contributed by atoms with van der Waals surface area (Å²) in [6.45, 7) is 3.49. The molecule has 0 atom stereocenters. The number of nitrogens with zero attached hydrogens (tertiary/aromatic N) is 6. The SMILES string of the molecule is CN(c1nccc(Nc2cc(C3CC3)[nH]n2)n1)C1CC2(C1)CN(CCCc1nc3ccccc3o1)C2. The second-order valence-corrected chi connectivity index (χ2v) is 10.9. The molecular weight excluding hydrogens is 452 g/mol. The first-order chi connectivity index (χ1) is 17.6. The molecule has 1 aliphatic heterocycles. The van der Waals surface area contributed by atoms with Gasteiger partial charge in [0.25, 0.3) is 0 Å². The van der Waals surface area contributed by atoms with Gasteiger partial charge in [0.15, 0.2) is 17.3 Å². The Bertz CT molecular complexity index is 1330. The Labute approximate surface area is 210 Å². The smallest absolute Gasteiger partial charge is 0.227 e. The third kappa shape index (κ3) is 4.21. The first-order valence-electron chi connectivity index (χ1n) is 13.1. The average molecular weight is 485 g/mol. The van der Waals surface area contributed by atoms with Crippen molar-refractivity contribution in [1.82, 2.24) is 30.0 Å². The van der Waals surface area contributed by atoms with Crippen LogP contribution in [0.2, 0.25) is 0 Å². The Hall–Kier alpha value is -3.46. The Kier molecular flexibility index (Phi) is 5.20.